The van der Waals surface area contributed by atoms with Crippen LogP contribution in [0.1, 0.15) is 64.4 Å². The van der Waals surface area contributed by atoms with E-state index in [1.165, 1.54) is 25.7 Å². The van der Waals surface area contributed by atoms with Crippen molar-refractivity contribution in [1.82, 2.24) is 48.0 Å². The first-order valence-electron chi connectivity index (χ1n) is 23.3. The Morgan fingerprint density at radius 2 is 1.25 bits per heavy atom. The molecule has 6 aromatic heterocycles. The number of carbonyl (C=O) groups excluding carboxylic acids is 2. The molecule has 2 atom stereocenters. The second-order valence-corrected chi connectivity index (χ2v) is 19.6. The van der Waals surface area contributed by atoms with Gasteiger partial charge in [-0.05, 0) is 123 Å². The molecule has 346 valence electrons. The smallest absolute Gasteiger partial charge is 0.254 e. The minimum atomic E-state index is -0.661. The molecule has 0 bridgehead atoms. The van der Waals surface area contributed by atoms with Gasteiger partial charge in [-0.25, -0.2) is 19.3 Å². The fourth-order valence-electron chi connectivity index (χ4n) is 10.0. The Labute approximate surface area is 390 Å². The molecule has 2 saturated carbocycles. The number of amides is 2. The molecule has 2 unspecified atom stereocenters. The summed E-state index contributed by atoms with van der Waals surface area (Å²) in [7, 11) is 4.03. The summed E-state index contributed by atoms with van der Waals surface area (Å²) in [6.45, 7) is 5.03. The number of fused-ring (bicyclic) bond motifs is 6. The molecule has 4 aliphatic rings. The molecule has 0 spiro atoms. The van der Waals surface area contributed by atoms with Crippen molar-refractivity contribution in [3.8, 4) is 23.0 Å². The molecule has 2 aromatic carbocycles. The van der Waals surface area contributed by atoms with Crippen LogP contribution in [0.25, 0.3) is 67.2 Å². The van der Waals surface area contributed by atoms with Gasteiger partial charge in [-0.1, -0.05) is 11.6 Å². The van der Waals surface area contributed by atoms with Crippen LogP contribution < -0.4 is 17.0 Å². The zero-order valence-corrected chi connectivity index (χ0v) is 38.7. The highest BCUT2D eigenvalue weighted by Crippen LogP contribution is 2.38. The molecule has 2 amide bonds. The van der Waals surface area contributed by atoms with Crippen molar-refractivity contribution in [2.45, 2.75) is 70.6 Å². The zero-order chi connectivity index (χ0) is 46.4. The van der Waals surface area contributed by atoms with Gasteiger partial charge in [0.05, 0.1) is 39.5 Å². The number of benzene rings is 2. The molecule has 2 fully saturated rings. The molecule has 8 heterocycles. The number of nitrogens with two attached hydrogens (primary N) is 2. The Hall–Kier alpha value is -6.36. The van der Waals surface area contributed by atoms with E-state index in [4.69, 9.17) is 33.0 Å². The van der Waals surface area contributed by atoms with Crippen molar-refractivity contribution >= 4 is 67.5 Å². The molecule has 2 aliphatic carbocycles. The quantitative estimate of drug-likeness (QED) is 0.122. The fourth-order valence-corrected chi connectivity index (χ4v) is 10.2. The third kappa shape index (κ3) is 7.97. The van der Waals surface area contributed by atoms with Crippen molar-refractivity contribution in [3.05, 3.63) is 98.4 Å². The molecule has 15 nitrogen and oxygen atoms in total. The van der Waals surface area contributed by atoms with Crippen molar-refractivity contribution in [2.75, 3.05) is 32.9 Å². The topological polar surface area (TPSA) is 184 Å². The molecule has 5 N–H and O–H groups in total. The predicted octanol–water partition coefficient (Wildman–Crippen LogP) is 6.59. The summed E-state index contributed by atoms with van der Waals surface area (Å²) in [5.41, 5.74) is 22.2. The van der Waals surface area contributed by atoms with Gasteiger partial charge in [-0.2, -0.15) is 0 Å². The lowest BCUT2D eigenvalue weighted by molar-refractivity contribution is 0.0720. The van der Waals surface area contributed by atoms with E-state index in [1.807, 2.05) is 56.3 Å². The van der Waals surface area contributed by atoms with Gasteiger partial charge in [0, 0.05) is 87.4 Å². The normalized spacial score (nSPS) is 17.1. The van der Waals surface area contributed by atoms with Gasteiger partial charge in [0.1, 0.15) is 23.1 Å². The van der Waals surface area contributed by atoms with E-state index >= 15 is 0 Å². The first-order chi connectivity index (χ1) is 32.3. The maximum atomic E-state index is 13.1. The monoisotopic (exact) mass is 924 g/mol. The number of pyridine rings is 2. The number of rotatable bonds is 11. The van der Waals surface area contributed by atoms with Crippen molar-refractivity contribution in [2.24, 2.45) is 37.4 Å². The summed E-state index contributed by atoms with van der Waals surface area (Å²) in [6, 6.07) is 18.7. The number of nitrogens with zero attached hydrogens (tertiary/aromatic N) is 9. The van der Waals surface area contributed by atoms with Gasteiger partial charge in [-0.3, -0.25) is 14.4 Å². The van der Waals surface area contributed by atoms with Gasteiger partial charge < -0.3 is 44.5 Å². The number of hydrogen-bond acceptors (Lipinski definition) is 8. The lowest BCUT2D eigenvalue weighted by Gasteiger charge is -2.30. The molecular weight excluding hydrogens is 871 g/mol. The van der Waals surface area contributed by atoms with Crippen LogP contribution in [-0.2, 0) is 40.0 Å². The molecule has 17 heteroatoms. The van der Waals surface area contributed by atoms with Gasteiger partial charge in [0.15, 0.2) is 11.6 Å². The summed E-state index contributed by atoms with van der Waals surface area (Å²) in [6.07, 6.45) is 6.39. The Balaban J connectivity index is 0.000000148. The fraction of sp³-hybridized carbons (Fsp3) is 0.400. The van der Waals surface area contributed by atoms with Crippen LogP contribution in [0.3, 0.4) is 0 Å². The van der Waals surface area contributed by atoms with Gasteiger partial charge >= 0.3 is 0 Å². The molecule has 2 aliphatic heterocycles. The Kier molecular flexibility index (Phi) is 10.8. The van der Waals surface area contributed by atoms with Crippen molar-refractivity contribution in [1.29, 1.82) is 0 Å². The standard InChI is InChI=1S/C25H26ClFN6O.C25H28N6O2/c1-31-20-8-15-6-7-32(13-17(28)11-27)25(34)18(15)10-19(20)29-24(31)21-9-16-4-5-22(26)30-23(16)33(21)12-14-2-3-14;1-14(26)12-30-8-7-16-9-20-19(11-18(16)25(30)33)27-24(29(20)2)21-10-17-5-6-22(32)28-23(17)31(21)13-15-3-4-15/h4-5,8-10,14,17H,2-3,6-7,11-13,28H2,1H3;5-6,9-11,14-15H,3-4,7-8,12-13,26H2,1-2H3,(H,28,32). The number of halogens is 2. The third-order valence-electron chi connectivity index (χ3n) is 13.9. The number of nitrogens with one attached hydrogen (secondary N) is 1. The summed E-state index contributed by atoms with van der Waals surface area (Å²) >= 11 is 6.22. The Morgan fingerprint density at radius 3 is 1.82 bits per heavy atom. The van der Waals surface area contributed by atoms with E-state index in [-0.39, 0.29) is 30.0 Å². The lowest BCUT2D eigenvalue weighted by atomic mass is 9.97. The number of aromatic amines is 1. The molecule has 12 rings (SSSR count). The van der Waals surface area contributed by atoms with Crippen LogP contribution in [-0.4, -0.2) is 105 Å². The van der Waals surface area contributed by atoms with E-state index in [9.17, 15) is 18.8 Å². The SMILES string of the molecule is CC(N)CN1CCc2cc3c(cc2C1=O)nc(-c1cc2ccc(=O)[nH]c2n1CC1CC1)n3C.Cn1c(-c2cc3ccc(Cl)nc3n2CC2CC2)nc2cc3c(cc21)CCN(CC(N)CF)C3=O. The van der Waals surface area contributed by atoms with Crippen LogP contribution in [0.4, 0.5) is 4.39 Å². The average molecular weight is 926 g/mol. The lowest BCUT2D eigenvalue weighted by Crippen LogP contribution is -2.45. The third-order valence-corrected chi connectivity index (χ3v) is 14.1. The molecule has 67 heavy (non-hydrogen) atoms. The number of aromatic nitrogens is 8. The number of H-pyrrole nitrogens is 1. The van der Waals surface area contributed by atoms with Gasteiger partial charge in [-0.15, -0.1) is 0 Å². The first-order valence-corrected chi connectivity index (χ1v) is 23.7. The van der Waals surface area contributed by atoms with E-state index in [2.05, 4.69) is 52.5 Å². The average Bonchev–Trinajstić information content (AvgIpc) is 4.20. The minimum Gasteiger partial charge on any atom is -0.337 e. The molecule has 8 aromatic rings. The van der Waals surface area contributed by atoms with E-state index < -0.39 is 12.7 Å². The Morgan fingerprint density at radius 1 is 0.716 bits per heavy atom. The summed E-state index contributed by atoms with van der Waals surface area (Å²) in [4.78, 5) is 59.2. The van der Waals surface area contributed by atoms with Crippen LogP contribution in [0, 0.1) is 11.8 Å². The first kappa shape index (κ1) is 43.2. The number of aryl methyl sites for hydroxylation is 2. The van der Waals surface area contributed by atoms with Crippen molar-refractivity contribution in [3.63, 3.8) is 0 Å². The largest absolute Gasteiger partial charge is 0.337 e. The molecular formula is C50H54ClFN12O3. The summed E-state index contributed by atoms with van der Waals surface area (Å²) < 4.78 is 21.5. The van der Waals surface area contributed by atoms with E-state index in [0.717, 1.165) is 103 Å². The van der Waals surface area contributed by atoms with Crippen LogP contribution in [0.5, 0.6) is 0 Å². The number of imidazole rings is 2. The Bertz CT molecular complexity index is 3350. The zero-order valence-electron chi connectivity index (χ0n) is 37.9. The number of alkyl halides is 1. The second kappa shape index (κ2) is 16.8. The summed E-state index contributed by atoms with van der Waals surface area (Å²) in [5.74, 6) is 2.87. The van der Waals surface area contributed by atoms with Crippen LogP contribution >= 0.6 is 11.6 Å². The summed E-state index contributed by atoms with van der Waals surface area (Å²) in [5, 5.41) is 2.50. The second-order valence-electron chi connectivity index (χ2n) is 19.2. The molecule has 0 saturated heterocycles. The van der Waals surface area contributed by atoms with Crippen LogP contribution in [0.15, 0.2) is 65.5 Å². The van der Waals surface area contributed by atoms with E-state index in [0.29, 0.717) is 48.6 Å². The highest BCUT2D eigenvalue weighted by Gasteiger charge is 2.31. The van der Waals surface area contributed by atoms with Gasteiger partial charge in [0.2, 0.25) is 5.56 Å². The minimum absolute atomic E-state index is 0.0306. The van der Waals surface area contributed by atoms with Gasteiger partial charge in [0.25, 0.3) is 11.8 Å². The number of hydrogen-bond donors (Lipinski definition) is 3. The van der Waals surface area contributed by atoms with Crippen LogP contribution in [0.2, 0.25) is 5.15 Å². The maximum Gasteiger partial charge on any atom is 0.254 e. The molecule has 0 radical (unpaired) electrons. The predicted molar refractivity (Wildman–Crippen MR) is 259 cm³/mol. The number of carbonyl (C=O) groups is 2. The van der Waals surface area contributed by atoms with Crippen molar-refractivity contribution < 1.29 is 14.0 Å². The maximum absolute atomic E-state index is 13.1. The highest BCUT2D eigenvalue weighted by molar-refractivity contribution is 6.29. The highest BCUT2D eigenvalue weighted by atomic mass is 35.5. The van der Waals surface area contributed by atoms with E-state index in [1.54, 1.807) is 11.0 Å².